The van der Waals surface area contributed by atoms with Gasteiger partial charge in [0.15, 0.2) is 5.69 Å². The lowest BCUT2D eigenvalue weighted by atomic mass is 10.1. The molecule has 18 heavy (non-hydrogen) atoms. The van der Waals surface area contributed by atoms with Crippen LogP contribution >= 0.6 is 11.6 Å². The Kier molecular flexibility index (Phi) is 3.20. The van der Waals surface area contributed by atoms with Crippen LogP contribution in [0.4, 0.5) is 5.69 Å². The number of hydrogen-bond donors (Lipinski definition) is 0. The molecular formula is C11H9ClN4O2. The molecule has 6 nitrogen and oxygen atoms in total. The molecule has 0 unspecified atom stereocenters. The molecule has 2 rings (SSSR count). The lowest BCUT2D eigenvalue weighted by Crippen LogP contribution is -2.01. The molecule has 2 heterocycles. The first-order chi connectivity index (χ1) is 8.49. The highest BCUT2D eigenvalue weighted by atomic mass is 35.5. The average molecular weight is 265 g/mol. The van der Waals surface area contributed by atoms with E-state index in [2.05, 4.69) is 15.0 Å². The van der Waals surface area contributed by atoms with Gasteiger partial charge in [-0.2, -0.15) is 0 Å². The van der Waals surface area contributed by atoms with Crippen LogP contribution < -0.4 is 0 Å². The predicted octanol–water partition coefficient (Wildman–Crippen LogP) is 2.72. The van der Waals surface area contributed by atoms with E-state index in [-0.39, 0.29) is 22.4 Å². The number of aromatic nitrogens is 3. The standard InChI is InChI=1S/C11H9ClN4O2/c1-6-3-4-8(5-13-6)9-10(16(17)18)7(2)14-11(12)15-9/h3-5H,1-2H3. The Morgan fingerprint density at radius 3 is 2.56 bits per heavy atom. The number of rotatable bonds is 2. The highest BCUT2D eigenvalue weighted by Gasteiger charge is 2.22. The molecule has 0 aliphatic rings. The molecule has 0 N–H and O–H groups in total. The molecule has 0 aromatic carbocycles. The summed E-state index contributed by atoms with van der Waals surface area (Å²) in [5.41, 5.74) is 1.63. The summed E-state index contributed by atoms with van der Waals surface area (Å²) >= 11 is 5.74. The van der Waals surface area contributed by atoms with Crippen LogP contribution in [0, 0.1) is 24.0 Å². The van der Waals surface area contributed by atoms with Crippen LogP contribution in [0.2, 0.25) is 5.28 Å². The number of pyridine rings is 1. The topological polar surface area (TPSA) is 81.8 Å². The summed E-state index contributed by atoms with van der Waals surface area (Å²) in [6.07, 6.45) is 1.53. The molecule has 0 radical (unpaired) electrons. The maximum absolute atomic E-state index is 11.1. The van der Waals surface area contributed by atoms with Gasteiger partial charge in [0.05, 0.1) is 4.92 Å². The van der Waals surface area contributed by atoms with Crippen molar-refractivity contribution in [1.29, 1.82) is 0 Å². The van der Waals surface area contributed by atoms with Crippen LogP contribution in [-0.4, -0.2) is 19.9 Å². The molecule has 0 saturated heterocycles. The molecule has 0 aliphatic heterocycles. The predicted molar refractivity (Wildman–Crippen MR) is 66.4 cm³/mol. The van der Waals surface area contributed by atoms with Gasteiger partial charge in [-0.15, -0.1) is 0 Å². The molecule has 0 aliphatic carbocycles. The molecule has 92 valence electrons. The summed E-state index contributed by atoms with van der Waals surface area (Å²) in [6.45, 7) is 3.35. The van der Waals surface area contributed by atoms with Gasteiger partial charge in [0.1, 0.15) is 5.69 Å². The minimum Gasteiger partial charge on any atom is -0.261 e. The smallest absolute Gasteiger partial charge is 0.261 e. The summed E-state index contributed by atoms with van der Waals surface area (Å²) in [4.78, 5) is 22.4. The maximum Gasteiger partial charge on any atom is 0.316 e. The van der Waals surface area contributed by atoms with Crippen LogP contribution in [-0.2, 0) is 0 Å². The highest BCUT2D eigenvalue weighted by molar-refractivity contribution is 6.28. The zero-order chi connectivity index (χ0) is 13.3. The van der Waals surface area contributed by atoms with Gasteiger partial charge in [-0.05, 0) is 37.6 Å². The van der Waals surface area contributed by atoms with E-state index in [1.807, 2.05) is 6.92 Å². The Morgan fingerprint density at radius 2 is 2.00 bits per heavy atom. The third kappa shape index (κ3) is 2.28. The Bertz CT molecular complexity index is 613. The van der Waals surface area contributed by atoms with Crippen molar-refractivity contribution in [3.05, 3.63) is 45.1 Å². The van der Waals surface area contributed by atoms with E-state index in [0.717, 1.165) is 5.69 Å². The Hall–Kier alpha value is -2.08. The quantitative estimate of drug-likeness (QED) is 0.473. The first-order valence-electron chi connectivity index (χ1n) is 5.10. The molecule has 2 aromatic rings. The minimum atomic E-state index is -0.513. The van der Waals surface area contributed by atoms with E-state index in [1.54, 1.807) is 12.1 Å². The van der Waals surface area contributed by atoms with Crippen molar-refractivity contribution in [1.82, 2.24) is 15.0 Å². The lowest BCUT2D eigenvalue weighted by molar-refractivity contribution is -0.385. The van der Waals surface area contributed by atoms with Crippen LogP contribution in [0.1, 0.15) is 11.4 Å². The van der Waals surface area contributed by atoms with Crippen molar-refractivity contribution in [2.45, 2.75) is 13.8 Å². The van der Waals surface area contributed by atoms with E-state index in [1.165, 1.54) is 13.1 Å². The number of aryl methyl sites for hydroxylation is 2. The van der Waals surface area contributed by atoms with Gasteiger partial charge in [0, 0.05) is 17.5 Å². The third-order valence-electron chi connectivity index (χ3n) is 2.40. The summed E-state index contributed by atoms with van der Waals surface area (Å²) in [6, 6.07) is 3.47. The van der Waals surface area contributed by atoms with Gasteiger partial charge in [-0.3, -0.25) is 15.1 Å². The van der Waals surface area contributed by atoms with Crippen molar-refractivity contribution >= 4 is 17.3 Å². The first kappa shape index (κ1) is 12.4. The fourth-order valence-corrected chi connectivity index (χ4v) is 1.77. The van der Waals surface area contributed by atoms with E-state index >= 15 is 0 Å². The molecule has 0 atom stereocenters. The Labute approximate surface area is 108 Å². The van der Waals surface area contributed by atoms with Gasteiger partial charge < -0.3 is 0 Å². The fourth-order valence-electron chi connectivity index (χ4n) is 1.56. The first-order valence-corrected chi connectivity index (χ1v) is 5.48. The van der Waals surface area contributed by atoms with Gasteiger partial charge >= 0.3 is 5.69 Å². The molecule has 0 spiro atoms. The molecule has 0 fully saturated rings. The van der Waals surface area contributed by atoms with Gasteiger partial charge in [0.2, 0.25) is 5.28 Å². The van der Waals surface area contributed by atoms with Crippen molar-refractivity contribution in [2.75, 3.05) is 0 Å². The van der Waals surface area contributed by atoms with E-state index in [9.17, 15) is 10.1 Å². The summed E-state index contributed by atoms with van der Waals surface area (Å²) in [5, 5.41) is 11.0. The molecule has 2 aromatic heterocycles. The lowest BCUT2D eigenvalue weighted by Gasteiger charge is -2.04. The van der Waals surface area contributed by atoms with Gasteiger partial charge in [-0.25, -0.2) is 9.97 Å². The van der Waals surface area contributed by atoms with Crippen molar-refractivity contribution in [3.8, 4) is 11.3 Å². The highest BCUT2D eigenvalue weighted by Crippen LogP contribution is 2.30. The maximum atomic E-state index is 11.1. The number of nitro groups is 1. The summed E-state index contributed by atoms with van der Waals surface area (Å²) in [5.74, 6) is 0. The number of hydrogen-bond acceptors (Lipinski definition) is 5. The molecule has 0 bridgehead atoms. The van der Waals surface area contributed by atoms with Crippen molar-refractivity contribution in [2.24, 2.45) is 0 Å². The second-order valence-corrected chi connectivity index (χ2v) is 4.06. The van der Waals surface area contributed by atoms with Crippen molar-refractivity contribution in [3.63, 3.8) is 0 Å². The zero-order valence-electron chi connectivity index (χ0n) is 9.72. The van der Waals surface area contributed by atoms with Crippen molar-refractivity contribution < 1.29 is 4.92 Å². The van der Waals surface area contributed by atoms with Crippen LogP contribution in [0.25, 0.3) is 11.3 Å². The molecule has 0 saturated carbocycles. The second kappa shape index (κ2) is 4.66. The number of halogens is 1. The van der Waals surface area contributed by atoms with E-state index in [0.29, 0.717) is 5.56 Å². The van der Waals surface area contributed by atoms with E-state index in [4.69, 9.17) is 11.6 Å². The monoisotopic (exact) mass is 264 g/mol. The minimum absolute atomic E-state index is 0.0197. The zero-order valence-corrected chi connectivity index (χ0v) is 10.5. The summed E-state index contributed by atoms with van der Waals surface area (Å²) in [7, 11) is 0. The average Bonchev–Trinajstić information content (AvgIpc) is 2.28. The Balaban J connectivity index is 2.69. The third-order valence-corrected chi connectivity index (χ3v) is 2.57. The largest absolute Gasteiger partial charge is 0.316 e. The molecule has 0 amide bonds. The summed E-state index contributed by atoms with van der Waals surface area (Å²) < 4.78 is 0. The van der Waals surface area contributed by atoms with Crippen LogP contribution in [0.5, 0.6) is 0 Å². The molecular weight excluding hydrogens is 256 g/mol. The normalized spacial score (nSPS) is 10.4. The second-order valence-electron chi connectivity index (χ2n) is 3.72. The van der Waals surface area contributed by atoms with Crippen LogP contribution in [0.15, 0.2) is 18.3 Å². The number of nitrogens with zero attached hydrogens (tertiary/aromatic N) is 4. The fraction of sp³-hybridized carbons (Fsp3) is 0.182. The van der Waals surface area contributed by atoms with E-state index < -0.39 is 4.92 Å². The van der Waals surface area contributed by atoms with Gasteiger partial charge in [0.25, 0.3) is 0 Å². The Morgan fingerprint density at radius 1 is 1.28 bits per heavy atom. The van der Waals surface area contributed by atoms with Crippen LogP contribution in [0.3, 0.4) is 0 Å². The SMILES string of the molecule is Cc1ccc(-c2nc(Cl)nc(C)c2[N+](=O)[O-])cn1. The molecule has 7 heteroatoms. The van der Waals surface area contributed by atoms with Gasteiger partial charge in [-0.1, -0.05) is 0 Å².